The van der Waals surface area contributed by atoms with Crippen LogP contribution in [-0.4, -0.2) is 33.5 Å². The summed E-state index contributed by atoms with van der Waals surface area (Å²) in [4.78, 5) is 36.1. The van der Waals surface area contributed by atoms with E-state index in [4.69, 9.17) is 0 Å². The Hall–Kier alpha value is -2.74. The first kappa shape index (κ1) is 16.7. The Labute approximate surface area is 154 Å². The molecule has 3 aromatic heterocycles. The molecule has 1 aliphatic rings. The Morgan fingerprint density at radius 2 is 2.04 bits per heavy atom. The number of hydrogen-bond donors (Lipinski definition) is 1. The largest absolute Gasteiger partial charge is 0.357 e. The number of nitrogens with zero attached hydrogens (tertiary/aromatic N) is 4. The van der Waals surface area contributed by atoms with E-state index in [1.165, 1.54) is 35.1 Å². The first-order chi connectivity index (χ1) is 12.7. The maximum Gasteiger partial charge on any atom is 0.262 e. The van der Waals surface area contributed by atoms with Gasteiger partial charge in [-0.05, 0) is 36.4 Å². The second-order valence-electron chi connectivity index (χ2n) is 6.28. The van der Waals surface area contributed by atoms with Crippen LogP contribution >= 0.6 is 11.3 Å². The maximum absolute atomic E-state index is 12.3. The molecule has 1 N–H and O–H groups in total. The zero-order valence-corrected chi connectivity index (χ0v) is 15.0. The molecule has 1 fully saturated rings. The van der Waals surface area contributed by atoms with E-state index in [0.717, 1.165) is 23.7 Å². The van der Waals surface area contributed by atoms with Crippen molar-refractivity contribution in [3.05, 3.63) is 46.5 Å². The first-order valence-electron chi connectivity index (χ1n) is 8.64. The lowest BCUT2D eigenvalue weighted by Crippen LogP contribution is -2.23. The van der Waals surface area contributed by atoms with E-state index in [-0.39, 0.29) is 17.9 Å². The van der Waals surface area contributed by atoms with Gasteiger partial charge in [0.15, 0.2) is 0 Å². The molecule has 0 saturated carbocycles. The predicted octanol–water partition coefficient (Wildman–Crippen LogP) is 2.48. The van der Waals surface area contributed by atoms with Crippen molar-refractivity contribution in [2.75, 3.05) is 23.3 Å². The van der Waals surface area contributed by atoms with Crippen LogP contribution in [0.4, 0.5) is 11.5 Å². The second kappa shape index (κ2) is 7.25. The van der Waals surface area contributed by atoms with Gasteiger partial charge in [0.05, 0.1) is 23.6 Å². The number of anilines is 2. The molecule has 7 nitrogen and oxygen atoms in total. The molecule has 26 heavy (non-hydrogen) atoms. The fraction of sp³-hybridized carbons (Fsp3) is 0.333. The van der Waals surface area contributed by atoms with E-state index in [1.807, 2.05) is 17.5 Å². The lowest BCUT2D eigenvalue weighted by molar-refractivity contribution is -0.116. The van der Waals surface area contributed by atoms with Crippen molar-refractivity contribution in [3.63, 3.8) is 0 Å². The molecule has 0 aliphatic carbocycles. The highest BCUT2D eigenvalue weighted by molar-refractivity contribution is 7.16. The third-order valence-electron chi connectivity index (χ3n) is 4.49. The lowest BCUT2D eigenvalue weighted by atomic mass is 10.3. The monoisotopic (exact) mass is 369 g/mol. The van der Waals surface area contributed by atoms with Crippen molar-refractivity contribution < 1.29 is 4.79 Å². The van der Waals surface area contributed by atoms with Gasteiger partial charge in [-0.25, -0.2) is 9.97 Å². The molecule has 0 atom stereocenters. The molecular weight excluding hydrogens is 350 g/mol. The van der Waals surface area contributed by atoms with Gasteiger partial charge in [-0.3, -0.25) is 14.2 Å². The number of nitrogens with one attached hydrogen (secondary N) is 1. The molecule has 1 aliphatic heterocycles. The number of hydrogen-bond acceptors (Lipinski definition) is 6. The number of pyridine rings is 1. The summed E-state index contributed by atoms with van der Waals surface area (Å²) in [5, 5.41) is 5.27. The Bertz CT molecular complexity index is 973. The van der Waals surface area contributed by atoms with E-state index in [9.17, 15) is 9.59 Å². The van der Waals surface area contributed by atoms with Crippen molar-refractivity contribution in [2.45, 2.75) is 25.8 Å². The first-order valence-corrected chi connectivity index (χ1v) is 9.52. The highest BCUT2D eigenvalue weighted by atomic mass is 32.1. The van der Waals surface area contributed by atoms with Gasteiger partial charge in [0.25, 0.3) is 5.56 Å². The average Bonchev–Trinajstić information content (AvgIpc) is 3.34. The molecule has 8 heteroatoms. The van der Waals surface area contributed by atoms with Crippen LogP contribution in [0.3, 0.4) is 0 Å². The topological polar surface area (TPSA) is 80.1 Å². The van der Waals surface area contributed by atoms with Crippen LogP contribution in [0, 0.1) is 0 Å². The van der Waals surface area contributed by atoms with Gasteiger partial charge in [-0.15, -0.1) is 11.3 Å². The lowest BCUT2D eigenvalue weighted by Gasteiger charge is -2.16. The van der Waals surface area contributed by atoms with Crippen LogP contribution in [0.1, 0.15) is 19.3 Å². The normalized spacial score (nSPS) is 14.1. The third kappa shape index (κ3) is 3.45. The van der Waals surface area contributed by atoms with Crippen molar-refractivity contribution in [1.82, 2.24) is 14.5 Å². The molecule has 0 bridgehead atoms. The number of amides is 1. The summed E-state index contributed by atoms with van der Waals surface area (Å²) < 4.78 is 1.48. The molecule has 0 spiro atoms. The van der Waals surface area contributed by atoms with Crippen molar-refractivity contribution >= 4 is 39.0 Å². The number of fused-ring (bicyclic) bond motifs is 1. The summed E-state index contributed by atoms with van der Waals surface area (Å²) in [6.07, 6.45) is 5.78. The number of carbonyl (C=O) groups excluding carboxylic acids is 1. The highest BCUT2D eigenvalue weighted by Crippen LogP contribution is 2.19. The van der Waals surface area contributed by atoms with Crippen molar-refractivity contribution in [2.24, 2.45) is 0 Å². The van der Waals surface area contributed by atoms with Crippen molar-refractivity contribution in [3.8, 4) is 0 Å². The summed E-state index contributed by atoms with van der Waals surface area (Å²) in [6, 6.07) is 5.56. The van der Waals surface area contributed by atoms with Crippen LogP contribution in [0.15, 0.2) is 40.9 Å². The van der Waals surface area contributed by atoms with Gasteiger partial charge in [0.2, 0.25) is 5.91 Å². The zero-order chi connectivity index (χ0) is 17.9. The molecule has 4 rings (SSSR count). The summed E-state index contributed by atoms with van der Waals surface area (Å²) in [6.45, 7) is 2.37. The van der Waals surface area contributed by atoms with Gasteiger partial charge in [-0.1, -0.05) is 0 Å². The standard InChI is InChI=1S/C18H19N5O2S/c24-16(5-9-23-12-20-17-14(18(23)25)6-10-26-17)21-13-3-4-15(19-11-13)22-7-1-2-8-22/h3-4,6,10-12H,1-2,5,7-9H2,(H,21,24). The number of thiophene rings is 1. The summed E-state index contributed by atoms with van der Waals surface area (Å²) >= 11 is 1.43. The van der Waals surface area contributed by atoms with Gasteiger partial charge in [0.1, 0.15) is 10.6 Å². The van der Waals surface area contributed by atoms with Gasteiger partial charge in [0, 0.05) is 26.1 Å². The third-order valence-corrected chi connectivity index (χ3v) is 5.31. The molecule has 0 unspecified atom stereocenters. The van der Waals surface area contributed by atoms with Gasteiger partial charge in [-0.2, -0.15) is 0 Å². The smallest absolute Gasteiger partial charge is 0.262 e. The molecule has 1 saturated heterocycles. The SMILES string of the molecule is O=C(CCn1cnc2sccc2c1=O)Nc1ccc(N2CCCC2)nc1. The van der Waals surface area contributed by atoms with Gasteiger partial charge < -0.3 is 10.2 Å². The Morgan fingerprint density at radius 3 is 2.81 bits per heavy atom. The molecular formula is C18H19N5O2S. The molecule has 134 valence electrons. The summed E-state index contributed by atoms with van der Waals surface area (Å²) in [5.74, 6) is 0.792. The minimum atomic E-state index is -0.155. The van der Waals surface area contributed by atoms with E-state index < -0.39 is 0 Å². The fourth-order valence-electron chi connectivity index (χ4n) is 3.09. The minimum Gasteiger partial charge on any atom is -0.357 e. The van der Waals surface area contributed by atoms with E-state index in [2.05, 4.69) is 20.2 Å². The number of aryl methyl sites for hydroxylation is 1. The van der Waals surface area contributed by atoms with Crippen molar-refractivity contribution in [1.29, 1.82) is 0 Å². The quantitative estimate of drug-likeness (QED) is 0.747. The maximum atomic E-state index is 12.3. The summed E-state index contributed by atoms with van der Waals surface area (Å²) in [5.41, 5.74) is 0.553. The number of carbonyl (C=O) groups is 1. The highest BCUT2D eigenvalue weighted by Gasteiger charge is 2.13. The zero-order valence-electron chi connectivity index (χ0n) is 14.2. The molecule has 0 aromatic carbocycles. The molecule has 1 amide bonds. The van der Waals surface area contributed by atoms with E-state index in [0.29, 0.717) is 17.6 Å². The summed E-state index contributed by atoms with van der Waals surface area (Å²) in [7, 11) is 0. The Morgan fingerprint density at radius 1 is 1.19 bits per heavy atom. The van der Waals surface area contributed by atoms with Crippen LogP contribution in [0.2, 0.25) is 0 Å². The Balaban J connectivity index is 1.36. The number of rotatable bonds is 5. The van der Waals surface area contributed by atoms with Crippen LogP contribution in [-0.2, 0) is 11.3 Å². The Kier molecular flexibility index (Phi) is 4.66. The fourth-order valence-corrected chi connectivity index (χ4v) is 3.81. The molecule has 4 heterocycles. The number of aromatic nitrogens is 3. The molecule has 0 radical (unpaired) electrons. The van der Waals surface area contributed by atoms with E-state index in [1.54, 1.807) is 12.3 Å². The van der Waals surface area contributed by atoms with Crippen LogP contribution < -0.4 is 15.8 Å². The molecule has 3 aromatic rings. The second-order valence-corrected chi connectivity index (χ2v) is 7.17. The van der Waals surface area contributed by atoms with Crippen LogP contribution in [0.5, 0.6) is 0 Å². The van der Waals surface area contributed by atoms with Gasteiger partial charge >= 0.3 is 0 Å². The minimum absolute atomic E-state index is 0.110. The van der Waals surface area contributed by atoms with Crippen LogP contribution in [0.25, 0.3) is 10.2 Å². The average molecular weight is 369 g/mol. The van der Waals surface area contributed by atoms with E-state index >= 15 is 0 Å². The predicted molar refractivity (Wildman–Crippen MR) is 103 cm³/mol.